The Balaban J connectivity index is 1.79. The third kappa shape index (κ3) is 3.42. The van der Waals surface area contributed by atoms with Gasteiger partial charge >= 0.3 is 0 Å². The van der Waals surface area contributed by atoms with Gasteiger partial charge in [0.25, 0.3) is 0 Å². The van der Waals surface area contributed by atoms with Crippen molar-refractivity contribution < 1.29 is 12.8 Å². The van der Waals surface area contributed by atoms with Crippen LogP contribution in [0.5, 0.6) is 0 Å². The molecule has 2 aromatic rings. The number of sulfonamides is 1. The zero-order valence-corrected chi connectivity index (χ0v) is 13.7. The van der Waals surface area contributed by atoms with Crippen LogP contribution < -0.4 is 0 Å². The van der Waals surface area contributed by atoms with Crippen LogP contribution in [0, 0.1) is 18.7 Å². The molecule has 0 radical (unpaired) electrons. The van der Waals surface area contributed by atoms with E-state index in [1.807, 2.05) is 0 Å². The smallest absolute Gasteiger partial charge is 0.245 e. The minimum Gasteiger partial charge on any atom is -0.253 e. The second kappa shape index (κ2) is 6.37. The Labute approximate surface area is 135 Å². The predicted octanol–water partition coefficient (Wildman–Crippen LogP) is 1.83. The average Bonchev–Trinajstić information content (AvgIpc) is 3.00. The van der Waals surface area contributed by atoms with Crippen LogP contribution in [0.1, 0.15) is 18.4 Å². The summed E-state index contributed by atoms with van der Waals surface area (Å²) in [5, 5.41) is 4.06. The Kier molecular flexibility index (Phi) is 4.45. The first-order valence-corrected chi connectivity index (χ1v) is 8.99. The third-order valence-corrected chi connectivity index (χ3v) is 6.00. The Morgan fingerprint density at radius 1 is 1.39 bits per heavy atom. The highest BCUT2D eigenvalue weighted by atomic mass is 32.2. The lowest BCUT2D eigenvalue weighted by Gasteiger charge is -2.31. The van der Waals surface area contributed by atoms with Crippen molar-refractivity contribution in [1.82, 2.24) is 19.1 Å². The highest BCUT2D eigenvalue weighted by Gasteiger charge is 2.32. The summed E-state index contributed by atoms with van der Waals surface area (Å²) in [6.07, 6.45) is 4.75. The molecule has 0 amide bonds. The van der Waals surface area contributed by atoms with Crippen LogP contribution >= 0.6 is 0 Å². The van der Waals surface area contributed by atoms with E-state index in [1.54, 1.807) is 24.0 Å². The number of rotatable bonds is 4. The fraction of sp³-hybridized carbons (Fsp3) is 0.467. The molecule has 1 fully saturated rings. The summed E-state index contributed by atoms with van der Waals surface area (Å²) in [4.78, 5) is 3.65. The van der Waals surface area contributed by atoms with Crippen LogP contribution in [0.15, 0.2) is 35.7 Å². The Hall–Kier alpha value is -1.80. The molecule has 1 saturated heterocycles. The van der Waals surface area contributed by atoms with Gasteiger partial charge in [0.05, 0.1) is 0 Å². The molecule has 1 aromatic carbocycles. The van der Waals surface area contributed by atoms with Crippen LogP contribution in [0.25, 0.3) is 0 Å². The molecule has 2 heterocycles. The third-order valence-electron chi connectivity index (χ3n) is 4.10. The zero-order chi connectivity index (χ0) is 16.4. The molecule has 0 unspecified atom stereocenters. The maximum absolute atomic E-state index is 14.1. The predicted molar refractivity (Wildman–Crippen MR) is 82.6 cm³/mol. The molecule has 6 nitrogen and oxygen atoms in total. The van der Waals surface area contributed by atoms with Gasteiger partial charge in [-0.05, 0) is 43.4 Å². The van der Waals surface area contributed by atoms with E-state index in [0.29, 0.717) is 25.2 Å². The van der Waals surface area contributed by atoms with Crippen molar-refractivity contribution >= 4 is 10.0 Å². The van der Waals surface area contributed by atoms with Gasteiger partial charge in [-0.15, -0.1) is 0 Å². The summed E-state index contributed by atoms with van der Waals surface area (Å²) >= 11 is 0. The number of aryl methyl sites for hydroxylation is 1. The van der Waals surface area contributed by atoms with Crippen molar-refractivity contribution in [1.29, 1.82) is 0 Å². The van der Waals surface area contributed by atoms with Crippen LogP contribution in [0.4, 0.5) is 4.39 Å². The summed E-state index contributed by atoms with van der Waals surface area (Å²) in [6, 6.07) is 4.22. The highest BCUT2D eigenvalue weighted by Crippen LogP contribution is 2.26. The van der Waals surface area contributed by atoms with Crippen molar-refractivity contribution in [2.45, 2.75) is 31.2 Å². The molecule has 1 atom stereocenters. The van der Waals surface area contributed by atoms with Crippen LogP contribution in [0.3, 0.4) is 0 Å². The Bertz CT molecular complexity index is 777. The van der Waals surface area contributed by atoms with E-state index >= 15 is 0 Å². The largest absolute Gasteiger partial charge is 0.253 e. The number of hydrogen-bond acceptors (Lipinski definition) is 4. The minimum absolute atomic E-state index is 0.147. The minimum atomic E-state index is -3.81. The number of hydrogen-bond donors (Lipinski definition) is 0. The molecule has 1 aliphatic rings. The van der Waals surface area contributed by atoms with Crippen molar-refractivity contribution in [2.75, 3.05) is 13.1 Å². The molecule has 0 spiro atoms. The fourth-order valence-corrected chi connectivity index (χ4v) is 4.54. The molecule has 0 saturated carbocycles. The van der Waals surface area contributed by atoms with Crippen LogP contribution in [0.2, 0.25) is 0 Å². The number of halogens is 1. The maximum Gasteiger partial charge on any atom is 0.245 e. The van der Waals surface area contributed by atoms with Gasteiger partial charge < -0.3 is 0 Å². The van der Waals surface area contributed by atoms with E-state index in [0.717, 1.165) is 12.8 Å². The molecule has 3 rings (SSSR count). The molecule has 0 bridgehead atoms. The molecular weight excluding hydrogens is 319 g/mol. The average molecular weight is 338 g/mol. The van der Waals surface area contributed by atoms with E-state index in [9.17, 15) is 12.8 Å². The van der Waals surface area contributed by atoms with Crippen molar-refractivity contribution in [3.05, 3.63) is 42.2 Å². The summed E-state index contributed by atoms with van der Waals surface area (Å²) in [5.74, 6) is -0.544. The summed E-state index contributed by atoms with van der Waals surface area (Å²) in [5.41, 5.74) is 0.698. The molecule has 1 aliphatic heterocycles. The van der Waals surface area contributed by atoms with Gasteiger partial charge in [0.15, 0.2) is 0 Å². The summed E-state index contributed by atoms with van der Waals surface area (Å²) in [7, 11) is -3.81. The number of nitrogens with zero attached hydrogens (tertiary/aromatic N) is 4. The first-order chi connectivity index (χ1) is 11.0. The second-order valence-corrected chi connectivity index (χ2v) is 7.83. The summed E-state index contributed by atoms with van der Waals surface area (Å²) < 4.78 is 42.6. The molecule has 0 N–H and O–H groups in total. The lowest BCUT2D eigenvalue weighted by molar-refractivity contribution is 0.239. The lowest BCUT2D eigenvalue weighted by Crippen LogP contribution is -2.41. The van der Waals surface area contributed by atoms with Crippen LogP contribution in [-0.2, 0) is 16.6 Å². The van der Waals surface area contributed by atoms with E-state index in [-0.39, 0.29) is 10.8 Å². The fourth-order valence-electron chi connectivity index (χ4n) is 2.94. The first-order valence-electron chi connectivity index (χ1n) is 7.55. The quantitative estimate of drug-likeness (QED) is 0.853. The van der Waals surface area contributed by atoms with Gasteiger partial charge in [-0.3, -0.25) is 4.68 Å². The number of aromatic nitrogens is 3. The Morgan fingerprint density at radius 3 is 2.91 bits per heavy atom. The molecule has 0 aliphatic carbocycles. The molecule has 23 heavy (non-hydrogen) atoms. The lowest BCUT2D eigenvalue weighted by atomic mass is 10.00. The SMILES string of the molecule is Cc1ccc(S(=O)(=O)N2CCC[C@@H](Cn3cncn3)C2)c(F)c1. The van der Waals surface area contributed by atoms with Crippen molar-refractivity contribution in [2.24, 2.45) is 5.92 Å². The van der Waals surface area contributed by atoms with Gasteiger partial charge in [-0.1, -0.05) is 6.07 Å². The van der Waals surface area contributed by atoms with Crippen LogP contribution in [-0.4, -0.2) is 40.6 Å². The first kappa shape index (κ1) is 16.1. The normalized spacial score (nSPS) is 19.8. The van der Waals surface area contributed by atoms with E-state index in [2.05, 4.69) is 10.1 Å². The van der Waals surface area contributed by atoms with Crippen molar-refractivity contribution in [3.63, 3.8) is 0 Å². The highest BCUT2D eigenvalue weighted by molar-refractivity contribution is 7.89. The van der Waals surface area contributed by atoms with Gasteiger partial charge in [-0.25, -0.2) is 17.8 Å². The summed E-state index contributed by atoms with van der Waals surface area (Å²) in [6.45, 7) is 3.13. The second-order valence-electron chi connectivity index (χ2n) is 5.92. The number of piperidine rings is 1. The molecule has 1 aromatic heterocycles. The van der Waals surface area contributed by atoms with Crippen molar-refractivity contribution in [3.8, 4) is 0 Å². The van der Waals surface area contributed by atoms with Gasteiger partial charge in [-0.2, -0.15) is 9.40 Å². The van der Waals surface area contributed by atoms with Gasteiger partial charge in [0, 0.05) is 19.6 Å². The molecule has 8 heteroatoms. The Morgan fingerprint density at radius 2 is 2.22 bits per heavy atom. The maximum atomic E-state index is 14.1. The van der Waals surface area contributed by atoms with E-state index in [1.165, 1.54) is 22.8 Å². The number of benzene rings is 1. The molecule has 124 valence electrons. The monoisotopic (exact) mass is 338 g/mol. The van der Waals surface area contributed by atoms with E-state index < -0.39 is 15.8 Å². The van der Waals surface area contributed by atoms with E-state index in [4.69, 9.17) is 0 Å². The molecular formula is C15H19FN4O2S. The zero-order valence-electron chi connectivity index (χ0n) is 12.9. The topological polar surface area (TPSA) is 68.1 Å². The van der Waals surface area contributed by atoms with Gasteiger partial charge in [0.1, 0.15) is 23.4 Å². The van der Waals surface area contributed by atoms with Gasteiger partial charge in [0.2, 0.25) is 10.0 Å². The standard InChI is InChI=1S/C15H19FN4O2S/c1-12-4-5-15(14(16)7-12)23(21,22)20-6-2-3-13(9-20)8-19-11-17-10-18-19/h4-5,7,10-11,13H,2-3,6,8-9H2,1H3/t13-/m0/s1.